The molecular weight excluding hydrogens is 352 g/mol. The van der Waals surface area contributed by atoms with Gasteiger partial charge >= 0.3 is 0 Å². The zero-order valence-corrected chi connectivity index (χ0v) is 14.7. The SMILES string of the molecule is O=C1NC(=O)C(Cc2ccc(CCNC(=O)c3ccccc3O)cc2)S1. The minimum atomic E-state index is -0.369. The number of rotatable bonds is 6. The number of hydrogen-bond acceptors (Lipinski definition) is 5. The third kappa shape index (κ3) is 4.43. The Morgan fingerprint density at radius 1 is 1.08 bits per heavy atom. The van der Waals surface area contributed by atoms with E-state index in [1.807, 2.05) is 24.3 Å². The molecule has 2 aromatic rings. The number of amides is 3. The Kier molecular flexibility index (Phi) is 5.58. The van der Waals surface area contributed by atoms with E-state index >= 15 is 0 Å². The van der Waals surface area contributed by atoms with Crippen LogP contribution in [0.3, 0.4) is 0 Å². The van der Waals surface area contributed by atoms with Crippen molar-refractivity contribution < 1.29 is 19.5 Å². The van der Waals surface area contributed by atoms with Gasteiger partial charge in [-0.25, -0.2) is 0 Å². The summed E-state index contributed by atoms with van der Waals surface area (Å²) in [4.78, 5) is 34.8. The van der Waals surface area contributed by atoms with Gasteiger partial charge in [-0.2, -0.15) is 0 Å². The smallest absolute Gasteiger partial charge is 0.286 e. The second-order valence-corrected chi connectivity index (χ2v) is 7.10. The Bertz CT molecular complexity index is 836. The number of thioether (sulfide) groups is 1. The monoisotopic (exact) mass is 370 g/mol. The molecule has 26 heavy (non-hydrogen) atoms. The topological polar surface area (TPSA) is 95.5 Å². The van der Waals surface area contributed by atoms with Crippen molar-refractivity contribution in [2.75, 3.05) is 6.54 Å². The number of nitrogens with one attached hydrogen (secondary N) is 2. The zero-order chi connectivity index (χ0) is 18.5. The molecule has 1 heterocycles. The zero-order valence-electron chi connectivity index (χ0n) is 13.9. The molecule has 0 saturated carbocycles. The van der Waals surface area contributed by atoms with Crippen molar-refractivity contribution in [2.45, 2.75) is 18.1 Å². The van der Waals surface area contributed by atoms with E-state index in [9.17, 15) is 19.5 Å². The average Bonchev–Trinajstić information content (AvgIpc) is 2.94. The second kappa shape index (κ2) is 8.05. The van der Waals surface area contributed by atoms with Crippen molar-refractivity contribution in [3.63, 3.8) is 0 Å². The van der Waals surface area contributed by atoms with E-state index in [2.05, 4.69) is 10.6 Å². The summed E-state index contributed by atoms with van der Waals surface area (Å²) in [6.45, 7) is 0.446. The Hall–Kier alpha value is -2.80. The van der Waals surface area contributed by atoms with Crippen LogP contribution in [-0.4, -0.2) is 34.0 Å². The lowest BCUT2D eigenvalue weighted by molar-refractivity contribution is -0.118. The largest absolute Gasteiger partial charge is 0.507 e. The van der Waals surface area contributed by atoms with E-state index in [1.54, 1.807) is 18.2 Å². The lowest BCUT2D eigenvalue weighted by Gasteiger charge is -2.08. The number of aromatic hydroxyl groups is 1. The number of imide groups is 1. The first kappa shape index (κ1) is 18.0. The number of hydrogen-bond donors (Lipinski definition) is 3. The molecule has 7 heteroatoms. The molecule has 0 bridgehead atoms. The predicted octanol–water partition coefficient (Wildman–Crippen LogP) is 2.26. The van der Waals surface area contributed by atoms with Crippen LogP contribution in [0, 0.1) is 0 Å². The average molecular weight is 370 g/mol. The van der Waals surface area contributed by atoms with Gasteiger partial charge in [0.1, 0.15) is 5.75 Å². The molecule has 3 amide bonds. The van der Waals surface area contributed by atoms with Crippen LogP contribution in [0.5, 0.6) is 5.75 Å². The van der Waals surface area contributed by atoms with Crippen LogP contribution in [0.4, 0.5) is 4.79 Å². The van der Waals surface area contributed by atoms with Crippen LogP contribution in [0.1, 0.15) is 21.5 Å². The first-order valence-electron chi connectivity index (χ1n) is 8.18. The molecule has 1 unspecified atom stereocenters. The molecule has 0 radical (unpaired) electrons. The molecule has 134 valence electrons. The maximum absolute atomic E-state index is 12.0. The molecular formula is C19H18N2O4S. The van der Waals surface area contributed by atoms with Crippen molar-refractivity contribution in [1.29, 1.82) is 0 Å². The van der Waals surface area contributed by atoms with Crippen molar-refractivity contribution in [2.24, 2.45) is 0 Å². The Morgan fingerprint density at radius 2 is 1.77 bits per heavy atom. The Morgan fingerprint density at radius 3 is 2.42 bits per heavy atom. The van der Waals surface area contributed by atoms with Gasteiger partial charge in [0.15, 0.2) is 0 Å². The van der Waals surface area contributed by atoms with Gasteiger partial charge in [0.05, 0.1) is 10.8 Å². The highest BCUT2D eigenvalue weighted by Gasteiger charge is 2.31. The second-order valence-electron chi connectivity index (χ2n) is 5.93. The van der Waals surface area contributed by atoms with Crippen LogP contribution >= 0.6 is 11.8 Å². The molecule has 1 aliphatic rings. The lowest BCUT2D eigenvalue weighted by atomic mass is 10.1. The summed E-state index contributed by atoms with van der Waals surface area (Å²) in [7, 11) is 0. The summed E-state index contributed by atoms with van der Waals surface area (Å²) in [6, 6.07) is 14.2. The summed E-state index contributed by atoms with van der Waals surface area (Å²) in [5.41, 5.74) is 2.28. The molecule has 0 spiro atoms. The van der Waals surface area contributed by atoms with Crippen molar-refractivity contribution in [1.82, 2.24) is 10.6 Å². The standard InChI is InChI=1S/C19H18N2O4S/c22-15-4-2-1-3-14(15)17(23)20-10-9-12-5-7-13(8-6-12)11-16-18(24)21-19(25)26-16/h1-8,16,22H,9-11H2,(H,20,23)(H,21,24,25). The molecule has 1 saturated heterocycles. The molecule has 3 rings (SSSR count). The highest BCUT2D eigenvalue weighted by atomic mass is 32.2. The molecule has 2 aromatic carbocycles. The van der Waals surface area contributed by atoms with Gasteiger partial charge in [0, 0.05) is 6.54 Å². The first-order valence-corrected chi connectivity index (χ1v) is 9.06. The van der Waals surface area contributed by atoms with Gasteiger partial charge in [-0.05, 0) is 36.1 Å². The number of carbonyl (C=O) groups is 3. The van der Waals surface area contributed by atoms with Gasteiger partial charge in [0.2, 0.25) is 5.91 Å². The van der Waals surface area contributed by atoms with Gasteiger partial charge < -0.3 is 10.4 Å². The number of phenolic OH excluding ortho intramolecular Hbond substituents is 1. The minimum absolute atomic E-state index is 0.0401. The van der Waals surface area contributed by atoms with Gasteiger partial charge in [-0.1, -0.05) is 48.2 Å². The Labute approximate surface area is 155 Å². The highest BCUT2D eigenvalue weighted by molar-refractivity contribution is 8.15. The predicted molar refractivity (Wildman–Crippen MR) is 99.2 cm³/mol. The quantitative estimate of drug-likeness (QED) is 0.725. The molecule has 6 nitrogen and oxygen atoms in total. The van der Waals surface area contributed by atoms with E-state index in [-0.39, 0.29) is 33.6 Å². The fourth-order valence-corrected chi connectivity index (χ4v) is 3.52. The van der Waals surface area contributed by atoms with E-state index in [0.29, 0.717) is 19.4 Å². The summed E-state index contributed by atoms with van der Waals surface area (Å²) in [5.74, 6) is -0.591. The molecule has 0 aromatic heterocycles. The fourth-order valence-electron chi connectivity index (χ4n) is 2.66. The summed E-state index contributed by atoms with van der Waals surface area (Å²) in [5, 5.41) is 14.1. The fraction of sp³-hybridized carbons (Fsp3) is 0.211. The number of benzene rings is 2. The summed E-state index contributed by atoms with van der Waals surface area (Å²) >= 11 is 1.02. The molecule has 1 aliphatic heterocycles. The van der Waals surface area contributed by atoms with Crippen LogP contribution in [0.2, 0.25) is 0 Å². The van der Waals surface area contributed by atoms with Gasteiger partial charge in [0.25, 0.3) is 11.1 Å². The molecule has 1 fully saturated rings. The third-order valence-electron chi connectivity index (χ3n) is 4.06. The third-order valence-corrected chi connectivity index (χ3v) is 5.04. The number of carbonyl (C=O) groups excluding carboxylic acids is 3. The normalized spacial score (nSPS) is 16.4. The van der Waals surface area contributed by atoms with E-state index < -0.39 is 0 Å². The summed E-state index contributed by atoms with van der Waals surface area (Å²) < 4.78 is 0. The summed E-state index contributed by atoms with van der Waals surface area (Å²) in [6.07, 6.45) is 1.16. The van der Waals surface area contributed by atoms with Crippen LogP contribution in [-0.2, 0) is 17.6 Å². The van der Waals surface area contributed by atoms with Crippen molar-refractivity contribution in [3.05, 3.63) is 65.2 Å². The molecule has 3 N–H and O–H groups in total. The van der Waals surface area contributed by atoms with Crippen LogP contribution < -0.4 is 10.6 Å². The number of para-hydroxylation sites is 1. The van der Waals surface area contributed by atoms with E-state index in [4.69, 9.17) is 0 Å². The van der Waals surface area contributed by atoms with Crippen LogP contribution in [0.25, 0.3) is 0 Å². The molecule has 0 aliphatic carbocycles. The van der Waals surface area contributed by atoms with Crippen molar-refractivity contribution in [3.8, 4) is 5.75 Å². The number of phenols is 1. The highest BCUT2D eigenvalue weighted by Crippen LogP contribution is 2.23. The maximum atomic E-state index is 12.0. The molecule has 1 atom stereocenters. The van der Waals surface area contributed by atoms with E-state index in [0.717, 1.165) is 22.9 Å². The van der Waals surface area contributed by atoms with Crippen molar-refractivity contribution >= 4 is 28.8 Å². The maximum Gasteiger partial charge on any atom is 0.286 e. The van der Waals surface area contributed by atoms with Gasteiger partial charge in [-0.15, -0.1) is 0 Å². The Balaban J connectivity index is 1.49. The minimum Gasteiger partial charge on any atom is -0.507 e. The first-order chi connectivity index (χ1) is 12.5. The van der Waals surface area contributed by atoms with Gasteiger partial charge in [-0.3, -0.25) is 19.7 Å². The lowest BCUT2D eigenvalue weighted by Crippen LogP contribution is -2.26. The van der Waals surface area contributed by atoms with E-state index in [1.165, 1.54) is 6.07 Å². The van der Waals surface area contributed by atoms with Crippen LogP contribution in [0.15, 0.2) is 48.5 Å².